The number of carbonyl (C=O) groups is 1. The monoisotopic (exact) mass is 274 g/mol. The van der Waals surface area contributed by atoms with Crippen molar-refractivity contribution in [2.24, 2.45) is 5.73 Å². The maximum absolute atomic E-state index is 12.1. The molecule has 0 aliphatic heterocycles. The molecule has 0 bridgehead atoms. The van der Waals surface area contributed by atoms with E-state index < -0.39 is 0 Å². The number of benzene rings is 1. The molecule has 0 radical (unpaired) electrons. The maximum Gasteiger partial charge on any atom is 0.251 e. The first-order valence-corrected chi connectivity index (χ1v) is 6.38. The van der Waals surface area contributed by atoms with Gasteiger partial charge in [-0.05, 0) is 37.6 Å². The molecular formula is C13H18N6O. The van der Waals surface area contributed by atoms with Crippen LogP contribution in [0.15, 0.2) is 24.3 Å². The minimum atomic E-state index is -0.295. The third-order valence-corrected chi connectivity index (χ3v) is 2.93. The van der Waals surface area contributed by atoms with E-state index in [-0.39, 0.29) is 17.9 Å². The number of carbonyl (C=O) groups excluding carboxylic acids is 1. The highest BCUT2D eigenvalue weighted by atomic mass is 16.1. The van der Waals surface area contributed by atoms with E-state index in [1.54, 1.807) is 19.1 Å². The lowest BCUT2D eigenvalue weighted by atomic mass is 10.1. The summed E-state index contributed by atoms with van der Waals surface area (Å²) in [6.45, 7) is 2.40. The first kappa shape index (κ1) is 14.0. The van der Waals surface area contributed by atoms with Gasteiger partial charge in [0.2, 0.25) is 5.95 Å². The number of nitrogen functional groups attached to an aromatic ring is 1. The average Bonchev–Trinajstić information content (AvgIpc) is 2.86. The van der Waals surface area contributed by atoms with Gasteiger partial charge in [0.15, 0.2) is 0 Å². The molecule has 0 saturated carbocycles. The number of aromatic nitrogens is 3. The van der Waals surface area contributed by atoms with Gasteiger partial charge in [0, 0.05) is 5.56 Å². The molecule has 0 unspecified atom stereocenters. The number of rotatable bonds is 5. The lowest BCUT2D eigenvalue weighted by Crippen LogP contribution is -2.27. The molecule has 6 N–H and O–H groups in total. The molecule has 0 aliphatic rings. The molecule has 1 aromatic carbocycles. The Balaban J connectivity index is 2.00. The number of H-pyrrole nitrogens is 1. The van der Waals surface area contributed by atoms with Crippen LogP contribution in [0, 0.1) is 0 Å². The summed E-state index contributed by atoms with van der Waals surface area (Å²) in [5.41, 5.74) is 12.6. The number of hydrogen-bond donors (Lipinski definition) is 4. The minimum absolute atomic E-state index is 0.159. The summed E-state index contributed by atoms with van der Waals surface area (Å²) in [6.07, 6.45) is 0.801. The molecule has 7 nitrogen and oxygen atoms in total. The number of nitrogens with two attached hydrogens (primary N) is 2. The molecular weight excluding hydrogens is 256 g/mol. The third-order valence-electron chi connectivity index (χ3n) is 2.93. The fraction of sp³-hybridized carbons (Fsp3) is 0.308. The fourth-order valence-corrected chi connectivity index (χ4v) is 1.82. The van der Waals surface area contributed by atoms with E-state index in [0.717, 1.165) is 12.0 Å². The normalized spacial score (nSPS) is 12.1. The van der Waals surface area contributed by atoms with Gasteiger partial charge in [0.1, 0.15) is 5.82 Å². The van der Waals surface area contributed by atoms with Gasteiger partial charge in [-0.25, -0.2) is 0 Å². The predicted octanol–water partition coefficient (Wildman–Crippen LogP) is 0.379. The van der Waals surface area contributed by atoms with Crippen molar-refractivity contribution in [1.29, 1.82) is 0 Å². The number of nitrogens with one attached hydrogen (secondary N) is 2. The standard InChI is InChI=1S/C13H18N6O/c1-8(11-17-13(15)19-18-11)16-12(20)10-4-2-9(3-5-10)6-7-14/h2-5,8H,6-7,14H2,1H3,(H,16,20)(H3,15,17,18,19)/t8-/m1/s1. The van der Waals surface area contributed by atoms with Crippen LogP contribution in [-0.4, -0.2) is 27.6 Å². The number of anilines is 1. The Morgan fingerprint density at radius 1 is 1.40 bits per heavy atom. The molecule has 1 aromatic heterocycles. The SMILES string of the molecule is C[C@@H](NC(=O)c1ccc(CCN)cc1)c1nc(N)n[nH]1. The lowest BCUT2D eigenvalue weighted by Gasteiger charge is -2.11. The van der Waals surface area contributed by atoms with E-state index in [1.165, 1.54) is 0 Å². The second-order valence-electron chi connectivity index (χ2n) is 4.51. The van der Waals surface area contributed by atoms with Crippen molar-refractivity contribution >= 4 is 11.9 Å². The molecule has 7 heteroatoms. The first-order chi connectivity index (χ1) is 9.60. The first-order valence-electron chi connectivity index (χ1n) is 6.38. The second kappa shape index (κ2) is 6.16. The Hall–Kier alpha value is -2.41. The molecule has 1 heterocycles. The predicted molar refractivity (Wildman–Crippen MR) is 75.9 cm³/mol. The highest BCUT2D eigenvalue weighted by molar-refractivity contribution is 5.94. The van der Waals surface area contributed by atoms with Gasteiger partial charge in [-0.1, -0.05) is 12.1 Å². The third kappa shape index (κ3) is 3.33. The Morgan fingerprint density at radius 3 is 2.65 bits per heavy atom. The summed E-state index contributed by atoms with van der Waals surface area (Å²) in [7, 11) is 0. The zero-order chi connectivity index (χ0) is 14.5. The zero-order valence-electron chi connectivity index (χ0n) is 11.3. The molecule has 1 atom stereocenters. The topological polar surface area (TPSA) is 123 Å². The van der Waals surface area contributed by atoms with Crippen LogP contribution < -0.4 is 16.8 Å². The van der Waals surface area contributed by atoms with Crippen molar-refractivity contribution in [3.63, 3.8) is 0 Å². The van der Waals surface area contributed by atoms with Gasteiger partial charge in [-0.2, -0.15) is 4.98 Å². The van der Waals surface area contributed by atoms with Crippen LogP contribution in [0.4, 0.5) is 5.95 Å². The van der Waals surface area contributed by atoms with Gasteiger partial charge < -0.3 is 16.8 Å². The second-order valence-corrected chi connectivity index (χ2v) is 4.51. The summed E-state index contributed by atoms with van der Waals surface area (Å²) in [4.78, 5) is 16.1. The van der Waals surface area contributed by atoms with E-state index in [0.29, 0.717) is 17.9 Å². The van der Waals surface area contributed by atoms with Crippen LogP contribution in [0.3, 0.4) is 0 Å². The molecule has 0 spiro atoms. The van der Waals surface area contributed by atoms with Crippen LogP contribution in [0.5, 0.6) is 0 Å². The highest BCUT2D eigenvalue weighted by Crippen LogP contribution is 2.10. The maximum atomic E-state index is 12.1. The largest absolute Gasteiger partial charge is 0.367 e. The smallest absolute Gasteiger partial charge is 0.251 e. The van der Waals surface area contributed by atoms with E-state index in [2.05, 4.69) is 20.5 Å². The number of amides is 1. The highest BCUT2D eigenvalue weighted by Gasteiger charge is 2.14. The van der Waals surface area contributed by atoms with Gasteiger partial charge in [-0.15, -0.1) is 5.10 Å². The van der Waals surface area contributed by atoms with Gasteiger partial charge in [0.05, 0.1) is 6.04 Å². The van der Waals surface area contributed by atoms with Crippen LogP contribution in [-0.2, 0) is 6.42 Å². The van der Waals surface area contributed by atoms with Crippen molar-refractivity contribution < 1.29 is 4.79 Å². The Labute approximate surface area is 116 Å². The summed E-state index contributed by atoms with van der Waals surface area (Å²) >= 11 is 0. The van der Waals surface area contributed by atoms with Gasteiger partial charge in [-0.3, -0.25) is 9.89 Å². The molecule has 106 valence electrons. The van der Waals surface area contributed by atoms with Crippen LogP contribution >= 0.6 is 0 Å². The summed E-state index contributed by atoms with van der Waals surface area (Å²) < 4.78 is 0. The van der Waals surface area contributed by atoms with Crippen molar-refractivity contribution in [3.8, 4) is 0 Å². The summed E-state index contributed by atoms with van der Waals surface area (Å²) in [5.74, 6) is 0.509. The lowest BCUT2D eigenvalue weighted by molar-refractivity contribution is 0.0938. The molecule has 20 heavy (non-hydrogen) atoms. The number of hydrogen-bond acceptors (Lipinski definition) is 5. The van der Waals surface area contributed by atoms with E-state index in [1.807, 2.05) is 12.1 Å². The molecule has 0 saturated heterocycles. The Bertz CT molecular complexity index is 577. The quantitative estimate of drug-likeness (QED) is 0.627. The van der Waals surface area contributed by atoms with Crippen LogP contribution in [0.2, 0.25) is 0 Å². The summed E-state index contributed by atoms with van der Waals surface area (Å²) in [6, 6.07) is 7.07. The van der Waals surface area contributed by atoms with E-state index >= 15 is 0 Å². The minimum Gasteiger partial charge on any atom is -0.367 e. The Morgan fingerprint density at radius 2 is 2.10 bits per heavy atom. The molecule has 2 rings (SSSR count). The molecule has 0 fully saturated rings. The van der Waals surface area contributed by atoms with Crippen molar-refractivity contribution in [2.75, 3.05) is 12.3 Å². The summed E-state index contributed by atoms with van der Waals surface area (Å²) in [5, 5.41) is 9.23. The zero-order valence-corrected chi connectivity index (χ0v) is 11.3. The van der Waals surface area contributed by atoms with E-state index in [9.17, 15) is 4.79 Å². The van der Waals surface area contributed by atoms with Crippen molar-refractivity contribution in [2.45, 2.75) is 19.4 Å². The van der Waals surface area contributed by atoms with Gasteiger partial charge in [0.25, 0.3) is 5.91 Å². The molecule has 0 aliphatic carbocycles. The van der Waals surface area contributed by atoms with Gasteiger partial charge >= 0.3 is 0 Å². The average molecular weight is 274 g/mol. The van der Waals surface area contributed by atoms with Crippen LogP contribution in [0.1, 0.15) is 34.7 Å². The van der Waals surface area contributed by atoms with Crippen molar-refractivity contribution in [3.05, 3.63) is 41.2 Å². The Kier molecular flexibility index (Phi) is 4.31. The number of aromatic amines is 1. The molecule has 1 amide bonds. The van der Waals surface area contributed by atoms with Crippen LogP contribution in [0.25, 0.3) is 0 Å². The molecule has 2 aromatic rings. The fourth-order valence-electron chi connectivity index (χ4n) is 1.82. The van der Waals surface area contributed by atoms with Crippen molar-refractivity contribution in [1.82, 2.24) is 20.5 Å². The van der Waals surface area contributed by atoms with E-state index in [4.69, 9.17) is 11.5 Å². The number of nitrogens with zero attached hydrogens (tertiary/aromatic N) is 2.